The van der Waals surface area contributed by atoms with Crippen molar-refractivity contribution in [3.8, 4) is 5.75 Å². The quantitative estimate of drug-likeness (QED) is 0.834. The van der Waals surface area contributed by atoms with E-state index in [1.807, 2.05) is 47.4 Å². The molecule has 1 heterocycles. The molecule has 0 spiro atoms. The highest BCUT2D eigenvalue weighted by Gasteiger charge is 2.23. The smallest absolute Gasteiger partial charge is 0.228 e. The van der Waals surface area contributed by atoms with Crippen LogP contribution in [-0.4, -0.2) is 26.1 Å². The second-order valence-corrected chi connectivity index (χ2v) is 5.66. The molecular weight excluding hydrogens is 288 g/mol. The first-order valence-electron chi connectivity index (χ1n) is 8.00. The average Bonchev–Trinajstić information content (AvgIpc) is 3.03. The monoisotopic (exact) mass is 310 g/mol. The van der Waals surface area contributed by atoms with Gasteiger partial charge in [-0.1, -0.05) is 36.4 Å². The minimum absolute atomic E-state index is 0.183. The van der Waals surface area contributed by atoms with E-state index in [-0.39, 0.29) is 5.91 Å². The molecule has 0 aromatic heterocycles. The van der Waals surface area contributed by atoms with E-state index in [1.165, 1.54) is 5.56 Å². The molecule has 0 saturated carbocycles. The number of amides is 1. The Morgan fingerprint density at radius 1 is 1.17 bits per heavy atom. The van der Waals surface area contributed by atoms with Gasteiger partial charge in [-0.3, -0.25) is 4.79 Å². The Hall–Kier alpha value is -2.33. The molecule has 1 N–H and O–H groups in total. The van der Waals surface area contributed by atoms with Crippen LogP contribution in [0.25, 0.3) is 0 Å². The first-order valence-corrected chi connectivity index (χ1v) is 8.00. The van der Waals surface area contributed by atoms with Crippen molar-refractivity contribution in [2.24, 2.45) is 0 Å². The highest BCUT2D eigenvalue weighted by Crippen LogP contribution is 2.27. The largest absolute Gasteiger partial charge is 0.496 e. The van der Waals surface area contributed by atoms with Crippen LogP contribution in [0.1, 0.15) is 17.5 Å². The van der Waals surface area contributed by atoms with Crippen LogP contribution >= 0.6 is 0 Å². The van der Waals surface area contributed by atoms with Crippen LogP contribution < -0.4 is 15.0 Å². The van der Waals surface area contributed by atoms with Gasteiger partial charge in [-0.25, -0.2) is 0 Å². The van der Waals surface area contributed by atoms with Crippen molar-refractivity contribution in [1.29, 1.82) is 0 Å². The van der Waals surface area contributed by atoms with Gasteiger partial charge in [0.25, 0.3) is 0 Å². The Kier molecular flexibility index (Phi) is 4.93. The zero-order valence-corrected chi connectivity index (χ0v) is 13.4. The number of hydrogen-bond acceptors (Lipinski definition) is 3. The molecule has 1 amide bonds. The number of carbonyl (C=O) groups excluding carboxylic acids is 1. The number of para-hydroxylation sites is 2. The lowest BCUT2D eigenvalue weighted by Crippen LogP contribution is -2.31. The minimum Gasteiger partial charge on any atom is -0.496 e. The fourth-order valence-corrected chi connectivity index (χ4v) is 3.00. The van der Waals surface area contributed by atoms with Crippen LogP contribution in [0.15, 0.2) is 48.5 Å². The number of benzene rings is 2. The molecule has 23 heavy (non-hydrogen) atoms. The molecule has 0 fully saturated rings. The SMILES string of the molecule is COc1ccccc1CNCCC(=O)N1CCc2ccccc21. The van der Waals surface area contributed by atoms with Crippen LogP contribution in [-0.2, 0) is 17.8 Å². The van der Waals surface area contributed by atoms with E-state index in [9.17, 15) is 4.79 Å². The van der Waals surface area contributed by atoms with Gasteiger partial charge in [-0.15, -0.1) is 0 Å². The predicted octanol–water partition coefficient (Wildman–Crippen LogP) is 2.76. The van der Waals surface area contributed by atoms with Crippen LogP contribution in [0, 0.1) is 0 Å². The van der Waals surface area contributed by atoms with Crippen molar-refractivity contribution < 1.29 is 9.53 Å². The Morgan fingerprint density at radius 3 is 2.83 bits per heavy atom. The molecule has 2 aromatic rings. The lowest BCUT2D eigenvalue weighted by Gasteiger charge is -2.17. The number of hydrogen-bond donors (Lipinski definition) is 1. The lowest BCUT2D eigenvalue weighted by atomic mass is 10.2. The molecule has 0 saturated heterocycles. The summed E-state index contributed by atoms with van der Waals surface area (Å²) in [6.07, 6.45) is 1.46. The standard InChI is InChI=1S/C19H22N2O2/c1-23-18-9-5-3-7-16(18)14-20-12-10-19(22)21-13-11-15-6-2-4-8-17(15)21/h2-9,20H,10-14H2,1H3. The minimum atomic E-state index is 0.183. The van der Waals surface area contributed by atoms with Gasteiger partial charge < -0.3 is 15.0 Å². The van der Waals surface area contributed by atoms with Gasteiger partial charge in [0.1, 0.15) is 5.75 Å². The maximum absolute atomic E-state index is 12.4. The summed E-state index contributed by atoms with van der Waals surface area (Å²) >= 11 is 0. The normalized spacial score (nSPS) is 13.0. The lowest BCUT2D eigenvalue weighted by molar-refractivity contribution is -0.118. The van der Waals surface area contributed by atoms with Gasteiger partial charge in [0, 0.05) is 37.3 Å². The van der Waals surface area contributed by atoms with Crippen molar-refractivity contribution in [3.63, 3.8) is 0 Å². The number of ether oxygens (including phenoxy) is 1. The van der Waals surface area contributed by atoms with Crippen molar-refractivity contribution >= 4 is 11.6 Å². The second-order valence-electron chi connectivity index (χ2n) is 5.66. The third-order valence-electron chi connectivity index (χ3n) is 4.21. The second kappa shape index (κ2) is 7.29. The van der Waals surface area contributed by atoms with Gasteiger partial charge in [-0.2, -0.15) is 0 Å². The molecule has 0 bridgehead atoms. The highest BCUT2D eigenvalue weighted by atomic mass is 16.5. The fraction of sp³-hybridized carbons (Fsp3) is 0.316. The molecule has 120 valence electrons. The summed E-state index contributed by atoms with van der Waals surface area (Å²) in [5.41, 5.74) is 3.44. The molecule has 1 aliphatic heterocycles. The first kappa shape index (κ1) is 15.6. The molecular formula is C19H22N2O2. The average molecular weight is 310 g/mol. The Balaban J connectivity index is 1.49. The Labute approximate surface area is 137 Å². The van der Waals surface area contributed by atoms with Crippen molar-refractivity contribution in [2.45, 2.75) is 19.4 Å². The Morgan fingerprint density at radius 2 is 1.96 bits per heavy atom. The number of fused-ring (bicyclic) bond motifs is 1. The fourth-order valence-electron chi connectivity index (χ4n) is 3.00. The zero-order valence-electron chi connectivity index (χ0n) is 13.4. The molecule has 1 aliphatic rings. The predicted molar refractivity (Wildman–Crippen MR) is 91.8 cm³/mol. The summed E-state index contributed by atoms with van der Waals surface area (Å²) in [5.74, 6) is 1.06. The molecule has 2 aromatic carbocycles. The van der Waals surface area contributed by atoms with E-state index in [1.54, 1.807) is 7.11 Å². The highest BCUT2D eigenvalue weighted by molar-refractivity contribution is 5.95. The number of methoxy groups -OCH3 is 1. The summed E-state index contributed by atoms with van der Waals surface area (Å²) in [4.78, 5) is 14.3. The molecule has 0 unspecified atom stereocenters. The van der Waals surface area contributed by atoms with Crippen molar-refractivity contribution in [3.05, 3.63) is 59.7 Å². The van der Waals surface area contributed by atoms with E-state index in [2.05, 4.69) is 11.4 Å². The van der Waals surface area contributed by atoms with Gasteiger partial charge in [0.2, 0.25) is 5.91 Å². The summed E-state index contributed by atoms with van der Waals surface area (Å²) < 4.78 is 5.33. The van der Waals surface area contributed by atoms with Crippen molar-refractivity contribution in [1.82, 2.24) is 5.32 Å². The number of carbonyl (C=O) groups is 1. The number of nitrogens with one attached hydrogen (secondary N) is 1. The van der Waals surface area contributed by atoms with Gasteiger partial charge >= 0.3 is 0 Å². The number of nitrogens with zero attached hydrogens (tertiary/aromatic N) is 1. The molecule has 4 nitrogen and oxygen atoms in total. The van der Waals surface area contributed by atoms with Crippen LogP contribution in [0.5, 0.6) is 5.75 Å². The summed E-state index contributed by atoms with van der Waals surface area (Å²) in [5, 5.41) is 3.33. The van der Waals surface area contributed by atoms with E-state index in [4.69, 9.17) is 4.74 Å². The van der Waals surface area contributed by atoms with Gasteiger partial charge in [0.05, 0.1) is 7.11 Å². The van der Waals surface area contributed by atoms with Crippen LogP contribution in [0.2, 0.25) is 0 Å². The first-order chi connectivity index (χ1) is 11.3. The Bertz CT molecular complexity index is 685. The molecule has 3 rings (SSSR count). The molecule has 0 aliphatic carbocycles. The van der Waals surface area contributed by atoms with E-state index in [0.29, 0.717) is 19.5 Å². The maximum Gasteiger partial charge on any atom is 0.228 e. The summed E-state index contributed by atoms with van der Waals surface area (Å²) in [7, 11) is 1.67. The summed E-state index contributed by atoms with van der Waals surface area (Å²) in [6, 6.07) is 16.1. The molecule has 0 atom stereocenters. The van der Waals surface area contributed by atoms with Crippen LogP contribution in [0.4, 0.5) is 5.69 Å². The third kappa shape index (κ3) is 3.54. The number of anilines is 1. The van der Waals surface area contributed by atoms with E-state index >= 15 is 0 Å². The third-order valence-corrected chi connectivity index (χ3v) is 4.21. The van der Waals surface area contributed by atoms with Crippen molar-refractivity contribution in [2.75, 3.05) is 25.1 Å². The summed E-state index contributed by atoms with van der Waals surface area (Å²) in [6.45, 7) is 2.16. The molecule has 0 radical (unpaired) electrons. The number of rotatable bonds is 6. The topological polar surface area (TPSA) is 41.6 Å². The van der Waals surface area contributed by atoms with E-state index in [0.717, 1.165) is 30.0 Å². The zero-order chi connectivity index (χ0) is 16.1. The van der Waals surface area contributed by atoms with Gasteiger partial charge in [-0.05, 0) is 24.1 Å². The molecule has 4 heteroatoms. The van der Waals surface area contributed by atoms with Crippen LogP contribution in [0.3, 0.4) is 0 Å². The van der Waals surface area contributed by atoms with Gasteiger partial charge in [0.15, 0.2) is 0 Å². The van der Waals surface area contributed by atoms with E-state index < -0.39 is 0 Å². The maximum atomic E-state index is 12.4.